The SMILES string of the molecule is CCC(C)(CC)N[C@H](O)C(NC(=O)[C@H](C)NC(=O)C(C)(CC)CC)C1CC1. The predicted octanol–water partition coefficient (Wildman–Crippen LogP) is 2.70. The fourth-order valence-corrected chi connectivity index (χ4v) is 3.11. The van der Waals surface area contributed by atoms with E-state index in [1.54, 1.807) is 6.92 Å². The van der Waals surface area contributed by atoms with E-state index >= 15 is 0 Å². The average molecular weight is 384 g/mol. The lowest BCUT2D eigenvalue weighted by Crippen LogP contribution is -2.60. The van der Waals surface area contributed by atoms with Crippen LogP contribution in [0.1, 0.15) is 87.0 Å². The molecule has 6 nitrogen and oxygen atoms in total. The number of aliphatic hydroxyl groups excluding tert-OH is 1. The molecule has 1 fully saturated rings. The van der Waals surface area contributed by atoms with Crippen LogP contribution in [-0.4, -0.2) is 40.8 Å². The van der Waals surface area contributed by atoms with E-state index in [0.717, 1.165) is 38.5 Å². The Morgan fingerprint density at radius 1 is 1.00 bits per heavy atom. The van der Waals surface area contributed by atoms with Gasteiger partial charge in [-0.15, -0.1) is 0 Å². The van der Waals surface area contributed by atoms with Gasteiger partial charge < -0.3 is 15.7 Å². The molecule has 1 saturated carbocycles. The smallest absolute Gasteiger partial charge is 0.242 e. The maximum absolute atomic E-state index is 12.7. The predicted molar refractivity (Wildman–Crippen MR) is 109 cm³/mol. The first-order valence-corrected chi connectivity index (χ1v) is 10.6. The maximum atomic E-state index is 12.7. The van der Waals surface area contributed by atoms with Crippen molar-refractivity contribution < 1.29 is 14.7 Å². The lowest BCUT2D eigenvalue weighted by molar-refractivity contribution is -0.135. The molecule has 3 atom stereocenters. The Kier molecular flexibility index (Phi) is 8.74. The molecule has 0 aromatic heterocycles. The van der Waals surface area contributed by atoms with E-state index < -0.39 is 17.7 Å². The topological polar surface area (TPSA) is 90.5 Å². The van der Waals surface area contributed by atoms with Gasteiger partial charge in [-0.3, -0.25) is 14.9 Å². The van der Waals surface area contributed by atoms with Crippen molar-refractivity contribution >= 4 is 11.8 Å². The van der Waals surface area contributed by atoms with Gasteiger partial charge in [-0.25, -0.2) is 0 Å². The van der Waals surface area contributed by atoms with Gasteiger partial charge in [-0.05, 0) is 58.3 Å². The molecule has 0 aliphatic heterocycles. The summed E-state index contributed by atoms with van der Waals surface area (Å²) in [6.45, 7) is 13.8. The zero-order valence-electron chi connectivity index (χ0n) is 18.3. The Morgan fingerprint density at radius 3 is 1.93 bits per heavy atom. The molecule has 0 radical (unpaired) electrons. The van der Waals surface area contributed by atoms with Crippen LogP contribution in [0, 0.1) is 11.3 Å². The molecule has 6 heteroatoms. The van der Waals surface area contributed by atoms with Crippen LogP contribution in [-0.2, 0) is 9.59 Å². The van der Waals surface area contributed by atoms with Gasteiger partial charge in [0, 0.05) is 11.0 Å². The molecule has 1 rings (SSSR count). The third kappa shape index (κ3) is 6.46. The fraction of sp³-hybridized carbons (Fsp3) is 0.905. The van der Waals surface area contributed by atoms with Gasteiger partial charge in [0.2, 0.25) is 11.8 Å². The van der Waals surface area contributed by atoms with Crippen LogP contribution in [0.3, 0.4) is 0 Å². The lowest BCUT2D eigenvalue weighted by atomic mass is 9.83. The van der Waals surface area contributed by atoms with Crippen molar-refractivity contribution in [3.63, 3.8) is 0 Å². The Bertz CT molecular complexity index is 497. The summed E-state index contributed by atoms with van der Waals surface area (Å²) in [5.74, 6) is -0.0550. The molecule has 0 bridgehead atoms. The molecule has 1 unspecified atom stereocenters. The number of hydrogen-bond donors (Lipinski definition) is 4. The zero-order chi connectivity index (χ0) is 20.8. The Balaban J connectivity index is 2.71. The van der Waals surface area contributed by atoms with Crippen molar-refractivity contribution in [3.05, 3.63) is 0 Å². The molecule has 0 heterocycles. The molecule has 0 spiro atoms. The second-order valence-electron chi connectivity index (χ2n) is 8.69. The van der Waals surface area contributed by atoms with Crippen LogP contribution in [0.15, 0.2) is 0 Å². The summed E-state index contributed by atoms with van der Waals surface area (Å²) >= 11 is 0. The first-order valence-electron chi connectivity index (χ1n) is 10.6. The van der Waals surface area contributed by atoms with Crippen LogP contribution in [0.5, 0.6) is 0 Å². The van der Waals surface area contributed by atoms with Crippen molar-refractivity contribution in [2.45, 2.75) is 111 Å². The number of nitrogens with one attached hydrogen (secondary N) is 3. The minimum absolute atomic E-state index is 0.0960. The van der Waals surface area contributed by atoms with E-state index in [9.17, 15) is 14.7 Å². The Hall–Kier alpha value is -1.14. The number of carbonyl (C=O) groups excluding carboxylic acids is 2. The Morgan fingerprint density at radius 2 is 1.52 bits per heavy atom. The van der Waals surface area contributed by atoms with Gasteiger partial charge in [0.15, 0.2) is 0 Å². The van der Waals surface area contributed by atoms with Crippen LogP contribution in [0.2, 0.25) is 0 Å². The molecule has 4 N–H and O–H groups in total. The number of aliphatic hydroxyl groups is 1. The highest BCUT2D eigenvalue weighted by atomic mass is 16.3. The second kappa shape index (κ2) is 9.87. The number of amides is 2. The highest BCUT2D eigenvalue weighted by molar-refractivity contribution is 5.89. The van der Waals surface area contributed by atoms with Gasteiger partial charge >= 0.3 is 0 Å². The molecule has 1 aliphatic carbocycles. The van der Waals surface area contributed by atoms with Gasteiger partial charge in [0.05, 0.1) is 6.04 Å². The molecular formula is C21H41N3O3. The number of rotatable bonds is 12. The van der Waals surface area contributed by atoms with Gasteiger partial charge in [-0.1, -0.05) is 34.6 Å². The van der Waals surface area contributed by atoms with Gasteiger partial charge in [0.1, 0.15) is 12.3 Å². The van der Waals surface area contributed by atoms with E-state index in [-0.39, 0.29) is 29.3 Å². The van der Waals surface area contributed by atoms with Crippen LogP contribution in [0.4, 0.5) is 0 Å². The van der Waals surface area contributed by atoms with E-state index in [1.165, 1.54) is 0 Å². The summed E-state index contributed by atoms with van der Waals surface area (Å²) in [5, 5.41) is 19.8. The van der Waals surface area contributed by atoms with Crippen molar-refractivity contribution in [3.8, 4) is 0 Å². The van der Waals surface area contributed by atoms with Gasteiger partial charge in [0.25, 0.3) is 0 Å². The second-order valence-corrected chi connectivity index (χ2v) is 8.69. The summed E-state index contributed by atoms with van der Waals surface area (Å²) in [4.78, 5) is 25.2. The molecule has 0 aromatic carbocycles. The van der Waals surface area contributed by atoms with Crippen LogP contribution < -0.4 is 16.0 Å². The summed E-state index contributed by atoms with van der Waals surface area (Å²) in [5.41, 5.74) is -0.628. The van der Waals surface area contributed by atoms with E-state index in [0.29, 0.717) is 0 Å². The third-order valence-corrected chi connectivity index (χ3v) is 6.69. The molecule has 2 amide bonds. The highest BCUT2D eigenvalue weighted by Gasteiger charge is 2.40. The summed E-state index contributed by atoms with van der Waals surface area (Å²) in [7, 11) is 0. The molecular weight excluding hydrogens is 342 g/mol. The average Bonchev–Trinajstić information content (AvgIpc) is 3.49. The molecule has 158 valence electrons. The highest BCUT2D eigenvalue weighted by Crippen LogP contribution is 2.34. The maximum Gasteiger partial charge on any atom is 0.242 e. The number of hydrogen-bond acceptors (Lipinski definition) is 4. The minimum atomic E-state index is -0.800. The normalized spacial score (nSPS) is 18.5. The largest absolute Gasteiger partial charge is 0.376 e. The van der Waals surface area contributed by atoms with E-state index in [2.05, 4.69) is 36.7 Å². The fourth-order valence-electron chi connectivity index (χ4n) is 3.11. The molecule has 27 heavy (non-hydrogen) atoms. The monoisotopic (exact) mass is 383 g/mol. The van der Waals surface area contributed by atoms with Gasteiger partial charge in [-0.2, -0.15) is 0 Å². The quantitative estimate of drug-likeness (QED) is 0.390. The van der Waals surface area contributed by atoms with E-state index in [1.807, 2.05) is 20.8 Å². The minimum Gasteiger partial charge on any atom is -0.376 e. The lowest BCUT2D eigenvalue weighted by Gasteiger charge is -2.35. The summed E-state index contributed by atoms with van der Waals surface area (Å²) in [6, 6.07) is -0.967. The summed E-state index contributed by atoms with van der Waals surface area (Å²) < 4.78 is 0. The standard InChI is InChI=1S/C21H41N3O3/c1-8-20(6,9-2)19(27)22-14(5)17(25)23-16(15-12-13-15)18(26)24-21(7,10-3)11-4/h14-16,18,24,26H,8-13H2,1-7H3,(H,22,27)(H,23,25)/t14-,16?,18+/m0/s1. The van der Waals surface area contributed by atoms with Crippen molar-refractivity contribution in [2.75, 3.05) is 0 Å². The third-order valence-electron chi connectivity index (χ3n) is 6.69. The molecule has 0 aromatic rings. The van der Waals surface area contributed by atoms with Crippen molar-refractivity contribution in [2.24, 2.45) is 11.3 Å². The van der Waals surface area contributed by atoms with E-state index in [4.69, 9.17) is 0 Å². The number of carbonyl (C=O) groups is 2. The van der Waals surface area contributed by atoms with Crippen molar-refractivity contribution in [1.29, 1.82) is 0 Å². The van der Waals surface area contributed by atoms with Crippen molar-refractivity contribution in [1.82, 2.24) is 16.0 Å². The van der Waals surface area contributed by atoms with Crippen LogP contribution >= 0.6 is 0 Å². The Labute approximate surface area is 165 Å². The first kappa shape index (κ1) is 23.9. The zero-order valence-corrected chi connectivity index (χ0v) is 18.3. The first-order chi connectivity index (χ1) is 12.6. The molecule has 0 saturated heterocycles. The molecule has 1 aliphatic rings. The van der Waals surface area contributed by atoms with Crippen LogP contribution in [0.25, 0.3) is 0 Å². The summed E-state index contributed by atoms with van der Waals surface area (Å²) in [6.07, 6.45) is 4.45.